The third kappa shape index (κ3) is 3.36. The van der Waals surface area contributed by atoms with Crippen LogP contribution >= 0.6 is 0 Å². The van der Waals surface area contributed by atoms with Gasteiger partial charge in [0.15, 0.2) is 0 Å². The van der Waals surface area contributed by atoms with Crippen LogP contribution in [0.2, 0.25) is 0 Å². The Bertz CT molecular complexity index is 339. The third-order valence-corrected chi connectivity index (χ3v) is 4.00. The van der Waals surface area contributed by atoms with E-state index in [-0.39, 0.29) is 0 Å². The molecule has 1 aromatic heterocycles. The average Bonchev–Trinajstić information content (AvgIpc) is 2.82. The maximum absolute atomic E-state index is 3.45. The molecule has 1 atom stereocenters. The van der Waals surface area contributed by atoms with Gasteiger partial charge in [-0.15, -0.1) is 0 Å². The topological polar surface area (TPSA) is 20.2 Å². The number of hydrogen-bond acceptors (Lipinski definition) is 2. The van der Waals surface area contributed by atoms with E-state index in [1.807, 2.05) is 0 Å². The molecule has 0 saturated carbocycles. The van der Waals surface area contributed by atoms with Crippen molar-refractivity contribution in [2.24, 2.45) is 7.05 Å². The highest BCUT2D eigenvalue weighted by Crippen LogP contribution is 2.27. The number of unbranched alkanes of at least 4 members (excludes halogenated alkanes) is 2. The Balaban J connectivity index is 2.04. The summed E-state index contributed by atoms with van der Waals surface area (Å²) in [6.45, 7) is 6.91. The quantitative estimate of drug-likeness (QED) is 0.782. The van der Waals surface area contributed by atoms with Crippen molar-refractivity contribution in [1.29, 1.82) is 0 Å². The van der Waals surface area contributed by atoms with Gasteiger partial charge in [0.1, 0.15) is 0 Å². The monoisotopic (exact) mass is 249 g/mol. The minimum absolute atomic E-state index is 0.610. The lowest BCUT2D eigenvalue weighted by atomic mass is 10.0. The molecule has 0 radical (unpaired) electrons. The van der Waals surface area contributed by atoms with Crippen molar-refractivity contribution in [3.63, 3.8) is 0 Å². The fourth-order valence-electron chi connectivity index (χ4n) is 2.92. The number of hydrogen-bond donors (Lipinski definition) is 1. The van der Waals surface area contributed by atoms with Crippen molar-refractivity contribution in [2.75, 3.05) is 26.2 Å². The number of rotatable bonds is 6. The molecule has 3 nitrogen and oxygen atoms in total. The van der Waals surface area contributed by atoms with Gasteiger partial charge in [-0.3, -0.25) is 4.90 Å². The number of nitrogens with zero attached hydrogens (tertiary/aromatic N) is 2. The second-order valence-corrected chi connectivity index (χ2v) is 5.34. The summed E-state index contributed by atoms with van der Waals surface area (Å²) >= 11 is 0. The molecule has 0 amide bonds. The number of nitrogens with one attached hydrogen (secondary N) is 1. The molecule has 1 N–H and O–H groups in total. The lowest BCUT2D eigenvalue weighted by Gasteiger charge is -2.35. The molecule has 0 aliphatic carbocycles. The predicted molar refractivity (Wildman–Crippen MR) is 76.7 cm³/mol. The Morgan fingerprint density at radius 2 is 2.06 bits per heavy atom. The van der Waals surface area contributed by atoms with Crippen molar-refractivity contribution in [1.82, 2.24) is 14.8 Å². The molecule has 1 saturated heterocycles. The standard InChI is InChI=1S/C15H27N3/c1-3-4-5-7-15(14-8-6-11-17(14)2)18-12-9-16-10-13-18/h6,8,11,15-16H,3-5,7,9-10,12-13H2,1-2H3/t15-/m0/s1. The Morgan fingerprint density at radius 3 is 2.67 bits per heavy atom. The van der Waals surface area contributed by atoms with Crippen molar-refractivity contribution >= 4 is 0 Å². The van der Waals surface area contributed by atoms with E-state index in [0.29, 0.717) is 6.04 Å². The van der Waals surface area contributed by atoms with E-state index in [2.05, 4.69) is 47.1 Å². The molecule has 1 aliphatic rings. The molecule has 1 aliphatic heterocycles. The Labute approximate surface area is 111 Å². The number of piperazine rings is 1. The second kappa shape index (κ2) is 6.95. The van der Waals surface area contributed by atoms with E-state index < -0.39 is 0 Å². The highest BCUT2D eigenvalue weighted by Gasteiger charge is 2.23. The van der Waals surface area contributed by atoms with Gasteiger partial charge in [0, 0.05) is 45.1 Å². The fraction of sp³-hybridized carbons (Fsp3) is 0.733. The zero-order valence-corrected chi connectivity index (χ0v) is 11.9. The minimum atomic E-state index is 0.610. The van der Waals surface area contributed by atoms with Gasteiger partial charge in [0.2, 0.25) is 0 Å². The summed E-state index contributed by atoms with van der Waals surface area (Å²) < 4.78 is 2.29. The van der Waals surface area contributed by atoms with E-state index in [9.17, 15) is 0 Å². The van der Waals surface area contributed by atoms with Crippen molar-refractivity contribution in [3.05, 3.63) is 24.0 Å². The molecule has 3 heteroatoms. The maximum Gasteiger partial charge on any atom is 0.0501 e. The van der Waals surface area contributed by atoms with Crippen molar-refractivity contribution in [2.45, 2.75) is 38.6 Å². The Kier molecular flexibility index (Phi) is 5.26. The summed E-state index contributed by atoms with van der Waals surface area (Å²) in [4.78, 5) is 2.65. The van der Waals surface area contributed by atoms with Gasteiger partial charge in [0.05, 0.1) is 6.04 Å². The largest absolute Gasteiger partial charge is 0.353 e. The average molecular weight is 249 g/mol. The smallest absolute Gasteiger partial charge is 0.0501 e. The van der Waals surface area contributed by atoms with Crippen molar-refractivity contribution < 1.29 is 0 Å². The summed E-state index contributed by atoms with van der Waals surface area (Å²) in [5, 5.41) is 3.45. The lowest BCUT2D eigenvalue weighted by molar-refractivity contribution is 0.157. The molecule has 18 heavy (non-hydrogen) atoms. The molecule has 1 fully saturated rings. The zero-order chi connectivity index (χ0) is 12.8. The van der Waals surface area contributed by atoms with Gasteiger partial charge in [0.25, 0.3) is 0 Å². The molecule has 1 aromatic rings. The van der Waals surface area contributed by atoms with Gasteiger partial charge < -0.3 is 9.88 Å². The second-order valence-electron chi connectivity index (χ2n) is 5.34. The van der Waals surface area contributed by atoms with Gasteiger partial charge >= 0.3 is 0 Å². The highest BCUT2D eigenvalue weighted by molar-refractivity contribution is 5.12. The Morgan fingerprint density at radius 1 is 1.28 bits per heavy atom. The van der Waals surface area contributed by atoms with Crippen LogP contribution < -0.4 is 5.32 Å². The van der Waals surface area contributed by atoms with Gasteiger partial charge in [-0.1, -0.05) is 26.2 Å². The maximum atomic E-state index is 3.45. The molecule has 102 valence electrons. The van der Waals surface area contributed by atoms with E-state index in [1.165, 1.54) is 44.5 Å². The molecular weight excluding hydrogens is 222 g/mol. The highest BCUT2D eigenvalue weighted by atomic mass is 15.2. The van der Waals surface area contributed by atoms with Crippen LogP contribution in [-0.4, -0.2) is 35.6 Å². The van der Waals surface area contributed by atoms with Crippen LogP contribution in [0, 0.1) is 0 Å². The first kappa shape index (κ1) is 13.6. The first-order valence-corrected chi connectivity index (χ1v) is 7.39. The molecule has 0 bridgehead atoms. The Hall–Kier alpha value is -0.800. The van der Waals surface area contributed by atoms with Crippen LogP contribution in [0.1, 0.15) is 44.3 Å². The van der Waals surface area contributed by atoms with Crippen molar-refractivity contribution in [3.8, 4) is 0 Å². The fourth-order valence-corrected chi connectivity index (χ4v) is 2.92. The first-order chi connectivity index (χ1) is 8.83. The summed E-state index contributed by atoms with van der Waals surface area (Å²) in [5.41, 5.74) is 1.48. The normalized spacial score (nSPS) is 19.0. The zero-order valence-electron chi connectivity index (χ0n) is 11.9. The van der Waals surface area contributed by atoms with Gasteiger partial charge in [-0.05, 0) is 18.6 Å². The van der Waals surface area contributed by atoms with Crippen LogP contribution in [0.5, 0.6) is 0 Å². The molecule has 2 rings (SSSR count). The van der Waals surface area contributed by atoms with E-state index in [4.69, 9.17) is 0 Å². The molecule has 0 aromatic carbocycles. The molecule has 2 heterocycles. The van der Waals surface area contributed by atoms with Crippen LogP contribution in [-0.2, 0) is 7.05 Å². The number of aryl methyl sites for hydroxylation is 1. The first-order valence-electron chi connectivity index (χ1n) is 7.39. The predicted octanol–water partition coefficient (Wildman–Crippen LogP) is 2.55. The summed E-state index contributed by atoms with van der Waals surface area (Å²) in [6, 6.07) is 5.07. The van der Waals surface area contributed by atoms with E-state index in [1.54, 1.807) is 0 Å². The van der Waals surface area contributed by atoms with E-state index >= 15 is 0 Å². The van der Waals surface area contributed by atoms with Crippen LogP contribution in [0.15, 0.2) is 18.3 Å². The van der Waals surface area contributed by atoms with Crippen LogP contribution in [0.25, 0.3) is 0 Å². The summed E-state index contributed by atoms with van der Waals surface area (Å²) in [6.07, 6.45) is 7.47. The van der Waals surface area contributed by atoms with Gasteiger partial charge in [-0.2, -0.15) is 0 Å². The third-order valence-electron chi connectivity index (χ3n) is 4.00. The molecule has 0 spiro atoms. The molecular formula is C15H27N3. The lowest BCUT2D eigenvalue weighted by Crippen LogP contribution is -2.45. The van der Waals surface area contributed by atoms with E-state index in [0.717, 1.165) is 13.1 Å². The van der Waals surface area contributed by atoms with Crippen LogP contribution in [0.3, 0.4) is 0 Å². The molecule has 0 unspecified atom stereocenters. The van der Waals surface area contributed by atoms with Crippen LogP contribution in [0.4, 0.5) is 0 Å². The SMILES string of the molecule is CCCCC[C@@H](c1cccn1C)N1CCNCC1. The summed E-state index contributed by atoms with van der Waals surface area (Å²) in [5.74, 6) is 0. The summed E-state index contributed by atoms with van der Waals surface area (Å²) in [7, 11) is 2.17. The number of aromatic nitrogens is 1. The minimum Gasteiger partial charge on any atom is -0.353 e. The van der Waals surface area contributed by atoms with Gasteiger partial charge in [-0.25, -0.2) is 0 Å².